The molecule has 0 aliphatic carbocycles. The number of ether oxygens (including phenoxy) is 1. The van der Waals surface area contributed by atoms with Crippen molar-refractivity contribution in [3.63, 3.8) is 0 Å². The van der Waals surface area contributed by atoms with Crippen LogP contribution in [0.4, 0.5) is 11.4 Å². The van der Waals surface area contributed by atoms with Crippen molar-refractivity contribution in [3.05, 3.63) is 53.6 Å². The highest BCUT2D eigenvalue weighted by Gasteiger charge is 2.24. The van der Waals surface area contributed by atoms with Crippen LogP contribution >= 0.6 is 0 Å². The molecule has 1 fully saturated rings. The van der Waals surface area contributed by atoms with Gasteiger partial charge in [-0.2, -0.15) is 0 Å². The van der Waals surface area contributed by atoms with Crippen LogP contribution in [0.3, 0.4) is 0 Å². The number of hydrogen-bond donors (Lipinski definition) is 1. The fraction of sp³-hybridized carbons (Fsp3) is 0.333. The number of aryl methyl sites for hydroxylation is 2. The number of hydrogen-bond acceptors (Lipinski definition) is 3. The van der Waals surface area contributed by atoms with Gasteiger partial charge >= 0.3 is 0 Å². The molecule has 5 nitrogen and oxygen atoms in total. The van der Waals surface area contributed by atoms with Crippen LogP contribution in [0.1, 0.15) is 30.4 Å². The molecule has 0 saturated carbocycles. The quantitative estimate of drug-likeness (QED) is 0.859. The van der Waals surface area contributed by atoms with Crippen molar-refractivity contribution in [1.29, 1.82) is 0 Å². The van der Waals surface area contributed by atoms with Crippen molar-refractivity contribution >= 4 is 23.2 Å². The van der Waals surface area contributed by atoms with Crippen LogP contribution in [-0.4, -0.2) is 25.0 Å². The van der Waals surface area contributed by atoms with Crippen molar-refractivity contribution < 1.29 is 14.3 Å². The standard InChI is InChI=1S/C21H24N2O3/c1-15-9-10-16(2)19(14-15)26-13-11-20(24)22-17-6-3-4-7-18(17)23-12-5-8-21(23)25/h3-4,6-7,9-10,14H,5,8,11-13H2,1-2H3,(H,22,24). The SMILES string of the molecule is Cc1ccc(C)c(OCCC(=O)Nc2ccccc2N2CCCC2=O)c1. The molecule has 0 unspecified atom stereocenters. The number of para-hydroxylation sites is 2. The Morgan fingerprint density at radius 2 is 2.00 bits per heavy atom. The first-order chi connectivity index (χ1) is 12.5. The first-order valence-corrected chi connectivity index (χ1v) is 8.94. The molecule has 1 N–H and O–H groups in total. The van der Waals surface area contributed by atoms with E-state index < -0.39 is 0 Å². The fourth-order valence-corrected chi connectivity index (χ4v) is 3.05. The van der Waals surface area contributed by atoms with Crippen LogP contribution < -0.4 is 15.0 Å². The van der Waals surface area contributed by atoms with Gasteiger partial charge in [-0.1, -0.05) is 24.3 Å². The van der Waals surface area contributed by atoms with Gasteiger partial charge in [-0.05, 0) is 49.6 Å². The summed E-state index contributed by atoms with van der Waals surface area (Å²) in [5.74, 6) is 0.778. The highest BCUT2D eigenvalue weighted by atomic mass is 16.5. The van der Waals surface area contributed by atoms with Gasteiger partial charge in [0, 0.05) is 13.0 Å². The van der Waals surface area contributed by atoms with E-state index in [1.165, 1.54) is 0 Å². The topological polar surface area (TPSA) is 58.6 Å². The normalized spacial score (nSPS) is 13.8. The van der Waals surface area contributed by atoms with Crippen LogP contribution in [0.5, 0.6) is 5.75 Å². The van der Waals surface area contributed by atoms with Crippen molar-refractivity contribution in [2.45, 2.75) is 33.1 Å². The third-order valence-electron chi connectivity index (χ3n) is 4.47. The van der Waals surface area contributed by atoms with Gasteiger partial charge in [0.25, 0.3) is 0 Å². The third kappa shape index (κ3) is 4.23. The highest BCUT2D eigenvalue weighted by Crippen LogP contribution is 2.29. The largest absolute Gasteiger partial charge is 0.493 e. The lowest BCUT2D eigenvalue weighted by atomic mass is 10.1. The summed E-state index contributed by atoms with van der Waals surface area (Å²) < 4.78 is 5.75. The summed E-state index contributed by atoms with van der Waals surface area (Å²) >= 11 is 0. The van der Waals surface area contributed by atoms with Gasteiger partial charge < -0.3 is 15.0 Å². The van der Waals surface area contributed by atoms with E-state index in [4.69, 9.17) is 4.74 Å². The number of rotatable bonds is 6. The molecule has 2 aromatic rings. The first kappa shape index (κ1) is 18.0. The Balaban J connectivity index is 1.59. The van der Waals surface area contributed by atoms with E-state index in [-0.39, 0.29) is 18.2 Å². The molecule has 1 aliphatic heterocycles. The molecular weight excluding hydrogens is 328 g/mol. The number of anilines is 2. The van der Waals surface area contributed by atoms with E-state index in [1.807, 2.05) is 56.3 Å². The smallest absolute Gasteiger partial charge is 0.227 e. The van der Waals surface area contributed by atoms with Crippen molar-refractivity contribution in [2.24, 2.45) is 0 Å². The maximum absolute atomic E-state index is 12.3. The minimum absolute atomic E-state index is 0.102. The molecule has 1 aliphatic rings. The Labute approximate surface area is 154 Å². The molecule has 3 rings (SSSR count). The minimum atomic E-state index is -0.130. The fourth-order valence-electron chi connectivity index (χ4n) is 3.05. The Morgan fingerprint density at radius 3 is 2.77 bits per heavy atom. The van der Waals surface area contributed by atoms with Gasteiger partial charge in [-0.3, -0.25) is 9.59 Å². The Bertz CT molecular complexity index is 817. The highest BCUT2D eigenvalue weighted by molar-refractivity contribution is 6.02. The minimum Gasteiger partial charge on any atom is -0.493 e. The number of amides is 2. The van der Waals surface area contributed by atoms with Gasteiger partial charge in [0.2, 0.25) is 11.8 Å². The number of carbonyl (C=O) groups excluding carboxylic acids is 2. The molecule has 1 heterocycles. The van der Waals surface area contributed by atoms with Crippen molar-refractivity contribution in [1.82, 2.24) is 0 Å². The lowest BCUT2D eigenvalue weighted by Crippen LogP contribution is -2.25. The Kier molecular flexibility index (Phi) is 5.56. The second kappa shape index (κ2) is 8.04. The summed E-state index contributed by atoms with van der Waals surface area (Å²) in [6.07, 6.45) is 1.66. The molecule has 0 spiro atoms. The van der Waals surface area contributed by atoms with Crippen LogP contribution in [0, 0.1) is 13.8 Å². The molecule has 0 atom stereocenters. The summed E-state index contributed by atoms with van der Waals surface area (Å²) in [6.45, 7) is 5.00. The van der Waals surface area contributed by atoms with Gasteiger partial charge in [0.15, 0.2) is 0 Å². The molecule has 0 aromatic heterocycles. The lowest BCUT2D eigenvalue weighted by Gasteiger charge is -2.20. The number of nitrogens with zero attached hydrogens (tertiary/aromatic N) is 1. The lowest BCUT2D eigenvalue weighted by molar-refractivity contribution is -0.117. The van der Waals surface area contributed by atoms with Gasteiger partial charge in [0.1, 0.15) is 5.75 Å². The molecule has 2 aromatic carbocycles. The zero-order chi connectivity index (χ0) is 18.5. The molecule has 26 heavy (non-hydrogen) atoms. The summed E-state index contributed by atoms with van der Waals surface area (Å²) in [4.78, 5) is 26.0. The second-order valence-electron chi connectivity index (χ2n) is 6.58. The van der Waals surface area contributed by atoms with E-state index in [2.05, 4.69) is 5.32 Å². The summed E-state index contributed by atoms with van der Waals surface area (Å²) in [7, 11) is 0. The number of nitrogens with one attached hydrogen (secondary N) is 1. The molecule has 1 saturated heterocycles. The van der Waals surface area contributed by atoms with E-state index >= 15 is 0 Å². The van der Waals surface area contributed by atoms with E-state index in [0.717, 1.165) is 29.0 Å². The predicted molar refractivity (Wildman–Crippen MR) is 103 cm³/mol. The molecule has 0 bridgehead atoms. The van der Waals surface area contributed by atoms with Crippen LogP contribution in [0.25, 0.3) is 0 Å². The summed E-state index contributed by atoms with van der Waals surface area (Å²) in [5, 5.41) is 2.91. The summed E-state index contributed by atoms with van der Waals surface area (Å²) in [6, 6.07) is 13.4. The molecule has 2 amide bonds. The van der Waals surface area contributed by atoms with Crippen molar-refractivity contribution in [3.8, 4) is 5.75 Å². The zero-order valence-corrected chi connectivity index (χ0v) is 15.2. The van der Waals surface area contributed by atoms with Gasteiger partial charge in [-0.15, -0.1) is 0 Å². The van der Waals surface area contributed by atoms with Crippen LogP contribution in [0.15, 0.2) is 42.5 Å². The summed E-state index contributed by atoms with van der Waals surface area (Å²) in [5.41, 5.74) is 3.60. The van der Waals surface area contributed by atoms with Crippen LogP contribution in [-0.2, 0) is 9.59 Å². The average molecular weight is 352 g/mol. The van der Waals surface area contributed by atoms with Gasteiger partial charge in [0.05, 0.1) is 24.4 Å². The maximum Gasteiger partial charge on any atom is 0.227 e. The average Bonchev–Trinajstić information content (AvgIpc) is 3.04. The second-order valence-corrected chi connectivity index (χ2v) is 6.58. The maximum atomic E-state index is 12.3. The van der Waals surface area contributed by atoms with E-state index in [0.29, 0.717) is 25.3 Å². The predicted octanol–water partition coefficient (Wildman–Crippen LogP) is 3.84. The first-order valence-electron chi connectivity index (χ1n) is 8.94. The third-order valence-corrected chi connectivity index (χ3v) is 4.47. The van der Waals surface area contributed by atoms with Gasteiger partial charge in [-0.25, -0.2) is 0 Å². The Hall–Kier alpha value is -2.82. The Morgan fingerprint density at radius 1 is 1.19 bits per heavy atom. The molecule has 5 heteroatoms. The van der Waals surface area contributed by atoms with E-state index in [9.17, 15) is 9.59 Å². The van der Waals surface area contributed by atoms with Crippen molar-refractivity contribution in [2.75, 3.05) is 23.4 Å². The molecular formula is C21H24N2O3. The monoisotopic (exact) mass is 352 g/mol. The zero-order valence-electron chi connectivity index (χ0n) is 15.2. The number of benzene rings is 2. The molecule has 136 valence electrons. The molecule has 0 radical (unpaired) electrons. The van der Waals surface area contributed by atoms with E-state index in [1.54, 1.807) is 4.90 Å². The van der Waals surface area contributed by atoms with Crippen LogP contribution in [0.2, 0.25) is 0 Å². The number of carbonyl (C=O) groups is 2.